The zero-order valence-electron chi connectivity index (χ0n) is 17.8. The van der Waals surface area contributed by atoms with E-state index in [2.05, 4.69) is 88.0 Å². The molecule has 1 spiro atoms. The summed E-state index contributed by atoms with van der Waals surface area (Å²) in [5.74, 6) is -0.503. The van der Waals surface area contributed by atoms with Crippen LogP contribution in [0.2, 0.25) is 5.04 Å². The van der Waals surface area contributed by atoms with Gasteiger partial charge >= 0.3 is 0 Å². The maximum absolute atomic E-state index is 7.29. The van der Waals surface area contributed by atoms with Crippen LogP contribution in [0.1, 0.15) is 40.0 Å². The first-order valence-corrected chi connectivity index (χ1v) is 12.5. The highest BCUT2D eigenvalue weighted by Crippen LogP contribution is 2.43. The molecule has 0 N–H and O–H groups in total. The summed E-state index contributed by atoms with van der Waals surface area (Å²) in [7, 11) is -2.62. The Morgan fingerprint density at radius 2 is 1.45 bits per heavy atom. The summed E-state index contributed by atoms with van der Waals surface area (Å²) in [6.07, 6.45) is 2.39. The van der Waals surface area contributed by atoms with Crippen molar-refractivity contribution in [2.45, 2.75) is 57.0 Å². The fourth-order valence-corrected chi connectivity index (χ4v) is 9.52. The Morgan fingerprint density at radius 3 is 1.93 bits per heavy atom. The summed E-state index contributed by atoms with van der Waals surface area (Å²) >= 11 is 0. The summed E-state index contributed by atoms with van der Waals surface area (Å²) in [5.41, 5.74) is 1.16. The van der Waals surface area contributed by atoms with E-state index in [9.17, 15) is 0 Å². The van der Waals surface area contributed by atoms with Crippen molar-refractivity contribution in [2.24, 2.45) is 0 Å². The molecule has 1 aliphatic heterocycles. The average Bonchev–Trinajstić information content (AvgIpc) is 3.17. The van der Waals surface area contributed by atoms with Gasteiger partial charge in [0.25, 0.3) is 8.32 Å². The van der Waals surface area contributed by atoms with Gasteiger partial charge in [0.15, 0.2) is 5.79 Å². The first-order valence-electron chi connectivity index (χ1n) is 10.6. The molecular formula is C25H32O3Si. The predicted octanol–water partition coefficient (Wildman–Crippen LogP) is 4.41. The molecule has 2 aromatic rings. The fourth-order valence-electron chi connectivity index (χ4n) is 4.83. The van der Waals surface area contributed by atoms with E-state index >= 15 is 0 Å². The third-order valence-electron chi connectivity index (χ3n) is 6.33. The molecule has 2 fully saturated rings. The minimum absolute atomic E-state index is 0.0576. The molecule has 1 saturated carbocycles. The number of rotatable bonds is 4. The van der Waals surface area contributed by atoms with E-state index in [1.54, 1.807) is 0 Å². The molecule has 1 heterocycles. The Labute approximate surface area is 175 Å². The highest BCUT2D eigenvalue weighted by molar-refractivity contribution is 6.99. The molecule has 0 radical (unpaired) electrons. The van der Waals surface area contributed by atoms with Gasteiger partial charge < -0.3 is 13.9 Å². The van der Waals surface area contributed by atoms with Gasteiger partial charge in [-0.3, -0.25) is 0 Å². The molecular weight excluding hydrogens is 376 g/mol. The van der Waals surface area contributed by atoms with Crippen LogP contribution in [0.4, 0.5) is 0 Å². The Hall–Kier alpha value is -1.72. The van der Waals surface area contributed by atoms with Gasteiger partial charge in [-0.05, 0) is 27.4 Å². The summed E-state index contributed by atoms with van der Waals surface area (Å²) in [4.78, 5) is 0. The first-order chi connectivity index (χ1) is 13.9. The van der Waals surface area contributed by atoms with Gasteiger partial charge in [-0.2, -0.15) is 0 Å². The molecule has 0 unspecified atom stereocenters. The lowest BCUT2D eigenvalue weighted by Crippen LogP contribution is -2.68. The number of ether oxygens (including phenoxy) is 2. The van der Waals surface area contributed by atoms with Crippen molar-refractivity contribution in [1.29, 1.82) is 0 Å². The van der Waals surface area contributed by atoms with Gasteiger partial charge in [0.05, 0.1) is 19.3 Å². The van der Waals surface area contributed by atoms with Crippen LogP contribution in [0.25, 0.3) is 0 Å². The molecule has 1 atom stereocenters. The van der Waals surface area contributed by atoms with E-state index in [0.29, 0.717) is 13.2 Å². The molecule has 4 heteroatoms. The van der Waals surface area contributed by atoms with Crippen molar-refractivity contribution in [3.8, 4) is 0 Å². The van der Waals surface area contributed by atoms with Gasteiger partial charge in [0.1, 0.15) is 0 Å². The summed E-state index contributed by atoms with van der Waals surface area (Å²) in [6.45, 7) is 12.6. The molecule has 154 valence electrons. The molecule has 2 aliphatic rings. The Balaban J connectivity index is 1.81. The molecule has 0 bridgehead atoms. The zero-order valence-corrected chi connectivity index (χ0v) is 18.8. The second kappa shape index (κ2) is 7.84. The highest BCUT2D eigenvalue weighted by Gasteiger charge is 2.53. The van der Waals surface area contributed by atoms with Crippen molar-refractivity contribution in [3.63, 3.8) is 0 Å². The van der Waals surface area contributed by atoms with E-state index in [4.69, 9.17) is 13.9 Å². The number of hydrogen-bond acceptors (Lipinski definition) is 3. The van der Waals surface area contributed by atoms with Crippen LogP contribution in [-0.2, 0) is 13.9 Å². The first kappa shape index (κ1) is 20.5. The van der Waals surface area contributed by atoms with E-state index in [-0.39, 0.29) is 11.1 Å². The van der Waals surface area contributed by atoms with Crippen LogP contribution in [0.5, 0.6) is 0 Å². The van der Waals surface area contributed by atoms with Crippen LogP contribution >= 0.6 is 0 Å². The average molecular weight is 409 g/mol. The van der Waals surface area contributed by atoms with Crippen molar-refractivity contribution in [2.75, 3.05) is 13.2 Å². The topological polar surface area (TPSA) is 27.7 Å². The maximum Gasteiger partial charge on any atom is 0.261 e. The minimum Gasteiger partial charge on any atom is -0.401 e. The van der Waals surface area contributed by atoms with E-state index in [0.717, 1.165) is 24.8 Å². The van der Waals surface area contributed by atoms with Gasteiger partial charge in [0, 0.05) is 12.8 Å². The fraction of sp³-hybridized carbons (Fsp3) is 0.440. The quantitative estimate of drug-likeness (QED) is 0.554. The van der Waals surface area contributed by atoms with E-state index in [1.165, 1.54) is 10.4 Å². The smallest absolute Gasteiger partial charge is 0.261 e. The van der Waals surface area contributed by atoms with Crippen LogP contribution in [0, 0.1) is 0 Å². The normalized spacial score (nSPS) is 22.2. The molecule has 4 rings (SSSR count). The third-order valence-corrected chi connectivity index (χ3v) is 11.4. The number of hydrogen-bond donors (Lipinski definition) is 0. The Kier molecular flexibility index (Phi) is 5.55. The summed E-state index contributed by atoms with van der Waals surface area (Å²) in [6, 6.07) is 21.6. The van der Waals surface area contributed by atoms with Gasteiger partial charge in [-0.1, -0.05) is 88.0 Å². The lowest BCUT2D eigenvalue weighted by Gasteiger charge is -2.48. The number of benzene rings is 2. The maximum atomic E-state index is 7.29. The monoisotopic (exact) mass is 408 g/mol. The Morgan fingerprint density at radius 1 is 0.931 bits per heavy atom. The SMILES string of the molecule is C=C1CCC2(C[C@H]1O[Si](c1ccccc1)(c1ccccc1)C(C)(C)C)OCCO2. The summed E-state index contributed by atoms with van der Waals surface area (Å²) in [5, 5.41) is 2.52. The molecule has 1 aliphatic carbocycles. The van der Waals surface area contributed by atoms with Crippen LogP contribution < -0.4 is 10.4 Å². The second-order valence-corrected chi connectivity index (χ2v) is 13.5. The van der Waals surface area contributed by atoms with Crippen LogP contribution in [0.15, 0.2) is 72.8 Å². The second-order valence-electron chi connectivity index (χ2n) is 9.24. The third kappa shape index (κ3) is 3.75. The van der Waals surface area contributed by atoms with Crippen molar-refractivity contribution in [3.05, 3.63) is 72.8 Å². The molecule has 29 heavy (non-hydrogen) atoms. The molecule has 3 nitrogen and oxygen atoms in total. The van der Waals surface area contributed by atoms with Crippen LogP contribution in [-0.4, -0.2) is 33.4 Å². The van der Waals surface area contributed by atoms with Gasteiger partial charge in [-0.15, -0.1) is 0 Å². The van der Waals surface area contributed by atoms with E-state index < -0.39 is 14.1 Å². The van der Waals surface area contributed by atoms with Gasteiger partial charge in [0.2, 0.25) is 0 Å². The minimum atomic E-state index is -2.62. The predicted molar refractivity (Wildman–Crippen MR) is 120 cm³/mol. The largest absolute Gasteiger partial charge is 0.401 e. The molecule has 0 aromatic heterocycles. The van der Waals surface area contributed by atoms with E-state index in [1.807, 2.05) is 0 Å². The van der Waals surface area contributed by atoms with Crippen molar-refractivity contribution in [1.82, 2.24) is 0 Å². The Bertz CT molecular complexity index is 796. The van der Waals surface area contributed by atoms with Gasteiger partial charge in [-0.25, -0.2) is 0 Å². The van der Waals surface area contributed by atoms with Crippen molar-refractivity contribution < 1.29 is 13.9 Å². The molecule has 2 aromatic carbocycles. The van der Waals surface area contributed by atoms with Crippen LogP contribution in [0.3, 0.4) is 0 Å². The lowest BCUT2D eigenvalue weighted by atomic mass is 9.88. The van der Waals surface area contributed by atoms with Crippen molar-refractivity contribution >= 4 is 18.7 Å². The zero-order chi connectivity index (χ0) is 20.5. The summed E-state index contributed by atoms with van der Waals surface area (Å²) < 4.78 is 19.4. The lowest BCUT2D eigenvalue weighted by molar-refractivity contribution is -0.185. The standard InChI is InChI=1S/C25H32O3Si/c1-20-15-16-25(26-17-18-27-25)19-23(20)28-29(24(2,3)4,21-11-7-5-8-12-21)22-13-9-6-10-14-22/h5-14,23H,1,15-19H2,2-4H3/t23-/m1/s1. The molecule has 1 saturated heterocycles. The molecule has 0 amide bonds. The highest BCUT2D eigenvalue weighted by atomic mass is 28.4.